The van der Waals surface area contributed by atoms with Gasteiger partial charge in [-0.15, -0.1) is 11.8 Å². The highest BCUT2D eigenvalue weighted by Gasteiger charge is 2.08. The van der Waals surface area contributed by atoms with E-state index in [-0.39, 0.29) is 17.4 Å². The van der Waals surface area contributed by atoms with Crippen LogP contribution in [0, 0.1) is 6.92 Å². The smallest absolute Gasteiger partial charge is 0.234 e. The molecule has 3 aromatic carbocycles. The van der Waals surface area contributed by atoms with Crippen molar-refractivity contribution in [1.29, 1.82) is 0 Å². The number of hydrogen-bond acceptors (Lipinski definition) is 4. The van der Waals surface area contributed by atoms with Crippen LogP contribution in [-0.4, -0.2) is 22.6 Å². The molecule has 5 nitrogen and oxygen atoms in total. The molecule has 0 bridgehead atoms. The first-order valence-corrected chi connectivity index (χ1v) is 11.6. The summed E-state index contributed by atoms with van der Waals surface area (Å²) < 4.78 is 0. The van der Waals surface area contributed by atoms with E-state index in [0.29, 0.717) is 21.4 Å². The average Bonchev–Trinajstić information content (AvgIpc) is 2.76. The molecule has 3 rings (SSSR count). The Hall–Kier alpha value is -2.87. The van der Waals surface area contributed by atoms with Crippen molar-refractivity contribution < 1.29 is 9.59 Å². The summed E-state index contributed by atoms with van der Waals surface area (Å²) in [5.74, 6) is 0.175. The maximum atomic E-state index is 12.3. The fourth-order valence-electron chi connectivity index (χ4n) is 2.82. The molecule has 0 aromatic heterocycles. The quantitative estimate of drug-likeness (QED) is 0.205. The molecular weight excluding hydrogens is 462 g/mol. The van der Waals surface area contributed by atoms with Gasteiger partial charge < -0.3 is 16.0 Å². The van der Waals surface area contributed by atoms with Gasteiger partial charge in [-0.25, -0.2) is 0 Å². The minimum Gasteiger partial charge on any atom is -0.332 e. The fraction of sp³-hybridized carbons (Fsp3) is 0.125. The van der Waals surface area contributed by atoms with E-state index in [0.717, 1.165) is 21.8 Å². The number of ketones is 1. The Morgan fingerprint density at radius 1 is 0.938 bits per heavy atom. The van der Waals surface area contributed by atoms with E-state index in [2.05, 4.69) is 16.0 Å². The summed E-state index contributed by atoms with van der Waals surface area (Å²) in [6.45, 7) is 3.40. The first-order chi connectivity index (χ1) is 15.3. The molecule has 164 valence electrons. The second-order valence-corrected chi connectivity index (χ2v) is 8.85. The number of halogens is 1. The molecule has 8 heteroatoms. The normalized spacial score (nSPS) is 10.3. The zero-order chi connectivity index (χ0) is 23.1. The lowest BCUT2D eigenvalue weighted by Gasteiger charge is -2.12. The predicted molar refractivity (Wildman–Crippen MR) is 138 cm³/mol. The first-order valence-electron chi connectivity index (χ1n) is 9.78. The third kappa shape index (κ3) is 6.82. The van der Waals surface area contributed by atoms with Crippen molar-refractivity contribution >= 4 is 69.4 Å². The van der Waals surface area contributed by atoms with Crippen LogP contribution in [0.25, 0.3) is 0 Å². The minimum absolute atomic E-state index is 0.0166. The fourth-order valence-corrected chi connectivity index (χ4v) is 3.99. The molecule has 0 saturated heterocycles. The second kappa shape index (κ2) is 11.1. The minimum atomic E-state index is -0.107. The Morgan fingerprint density at radius 2 is 1.62 bits per heavy atom. The number of rotatable bonds is 7. The van der Waals surface area contributed by atoms with E-state index in [1.807, 2.05) is 43.3 Å². The maximum absolute atomic E-state index is 12.3. The van der Waals surface area contributed by atoms with E-state index in [1.54, 1.807) is 30.3 Å². The highest BCUT2D eigenvalue weighted by atomic mass is 35.5. The van der Waals surface area contributed by atoms with Crippen LogP contribution >= 0.6 is 35.6 Å². The molecule has 0 aliphatic rings. The summed E-state index contributed by atoms with van der Waals surface area (Å²) in [5, 5.41) is 10.2. The lowest BCUT2D eigenvalue weighted by Crippen LogP contribution is -2.19. The molecule has 0 saturated carbocycles. The molecule has 0 atom stereocenters. The Morgan fingerprint density at radius 3 is 2.34 bits per heavy atom. The van der Waals surface area contributed by atoms with Crippen LogP contribution in [0.1, 0.15) is 22.8 Å². The van der Waals surface area contributed by atoms with Gasteiger partial charge in [0.1, 0.15) is 0 Å². The summed E-state index contributed by atoms with van der Waals surface area (Å²) in [7, 11) is 0. The number of carbonyl (C=O) groups is 2. The first kappa shape index (κ1) is 23.8. The van der Waals surface area contributed by atoms with E-state index < -0.39 is 0 Å². The zero-order valence-electron chi connectivity index (χ0n) is 17.6. The zero-order valence-corrected chi connectivity index (χ0v) is 20.0. The third-order valence-corrected chi connectivity index (χ3v) is 6.16. The number of anilines is 3. The second-order valence-electron chi connectivity index (χ2n) is 6.99. The van der Waals surface area contributed by atoms with Crippen molar-refractivity contribution in [2.24, 2.45) is 0 Å². The molecule has 0 heterocycles. The number of nitrogens with one attached hydrogen (secondary N) is 3. The largest absolute Gasteiger partial charge is 0.332 e. The molecular formula is C24H22ClN3O2S2. The summed E-state index contributed by atoms with van der Waals surface area (Å²) in [6, 6.07) is 20.2. The summed E-state index contributed by atoms with van der Waals surface area (Å²) in [4.78, 5) is 24.6. The van der Waals surface area contributed by atoms with E-state index in [9.17, 15) is 9.59 Å². The predicted octanol–water partition coefficient (Wildman–Crippen LogP) is 6.39. The van der Waals surface area contributed by atoms with Crippen LogP contribution in [0.2, 0.25) is 5.02 Å². The number of thioether (sulfide) groups is 1. The molecule has 3 N–H and O–H groups in total. The van der Waals surface area contributed by atoms with Gasteiger partial charge in [0, 0.05) is 32.5 Å². The van der Waals surface area contributed by atoms with Crippen LogP contribution < -0.4 is 16.0 Å². The van der Waals surface area contributed by atoms with Gasteiger partial charge in [-0.05, 0) is 86.2 Å². The van der Waals surface area contributed by atoms with Gasteiger partial charge in [-0.1, -0.05) is 23.7 Å². The maximum Gasteiger partial charge on any atom is 0.234 e. The van der Waals surface area contributed by atoms with Gasteiger partial charge in [-0.2, -0.15) is 0 Å². The average molecular weight is 484 g/mol. The number of thiocarbonyl (C=S) groups is 1. The number of amides is 1. The highest BCUT2D eigenvalue weighted by Crippen LogP contribution is 2.25. The van der Waals surface area contributed by atoms with Crippen molar-refractivity contribution in [1.82, 2.24) is 0 Å². The Balaban J connectivity index is 1.53. The summed E-state index contributed by atoms with van der Waals surface area (Å²) in [5.41, 5.74) is 3.79. The van der Waals surface area contributed by atoms with Gasteiger partial charge in [0.15, 0.2) is 10.9 Å². The number of carbonyl (C=O) groups excluding carboxylic acids is 2. The van der Waals surface area contributed by atoms with E-state index >= 15 is 0 Å². The van der Waals surface area contributed by atoms with E-state index in [4.69, 9.17) is 23.8 Å². The Labute approximate surface area is 201 Å². The van der Waals surface area contributed by atoms with Gasteiger partial charge in [0.25, 0.3) is 0 Å². The number of hydrogen-bond donors (Lipinski definition) is 3. The highest BCUT2D eigenvalue weighted by molar-refractivity contribution is 8.00. The van der Waals surface area contributed by atoms with Gasteiger partial charge >= 0.3 is 0 Å². The molecule has 0 aliphatic carbocycles. The van der Waals surface area contributed by atoms with Crippen LogP contribution in [0.4, 0.5) is 17.1 Å². The third-order valence-electron chi connectivity index (χ3n) is 4.55. The molecule has 0 aliphatic heterocycles. The summed E-state index contributed by atoms with van der Waals surface area (Å²) >= 11 is 12.9. The SMILES string of the molecule is CC(=O)c1ccc(NC(=S)Nc2cccc(SCC(=O)Nc3cccc(Cl)c3C)c2)cc1. The molecule has 1 amide bonds. The van der Waals surface area contributed by atoms with Crippen molar-refractivity contribution in [3.8, 4) is 0 Å². The molecule has 0 spiro atoms. The molecule has 0 fully saturated rings. The summed E-state index contributed by atoms with van der Waals surface area (Å²) in [6.07, 6.45) is 0. The molecule has 0 radical (unpaired) electrons. The van der Waals surface area contributed by atoms with Crippen LogP contribution in [0.5, 0.6) is 0 Å². The number of benzene rings is 3. The van der Waals surface area contributed by atoms with Gasteiger partial charge in [0.2, 0.25) is 5.91 Å². The van der Waals surface area contributed by atoms with Gasteiger partial charge in [-0.3, -0.25) is 9.59 Å². The lowest BCUT2D eigenvalue weighted by molar-refractivity contribution is -0.113. The van der Waals surface area contributed by atoms with Crippen LogP contribution in [-0.2, 0) is 4.79 Å². The molecule has 0 unspecified atom stereocenters. The topological polar surface area (TPSA) is 70.2 Å². The van der Waals surface area contributed by atoms with E-state index in [1.165, 1.54) is 18.7 Å². The van der Waals surface area contributed by atoms with Crippen molar-refractivity contribution in [2.45, 2.75) is 18.7 Å². The monoisotopic (exact) mass is 483 g/mol. The van der Waals surface area contributed by atoms with Crippen molar-refractivity contribution in [3.05, 3.63) is 82.9 Å². The Kier molecular flexibility index (Phi) is 8.27. The number of Topliss-reactive ketones (excluding diaryl/α,β-unsaturated/α-hetero) is 1. The standard InChI is InChI=1S/C24H22ClN3O2S2/c1-15-21(25)7-4-8-22(15)28-23(30)14-32-20-6-3-5-19(13-20)27-24(31)26-18-11-9-17(10-12-18)16(2)29/h3-13H,14H2,1-2H3,(H,28,30)(H2,26,27,31). The van der Waals surface area contributed by atoms with Crippen LogP contribution in [0.3, 0.4) is 0 Å². The Bertz CT molecular complexity index is 1150. The van der Waals surface area contributed by atoms with Gasteiger partial charge in [0.05, 0.1) is 5.75 Å². The van der Waals surface area contributed by atoms with Crippen molar-refractivity contribution in [2.75, 3.05) is 21.7 Å². The van der Waals surface area contributed by atoms with Crippen LogP contribution in [0.15, 0.2) is 71.6 Å². The van der Waals surface area contributed by atoms with Crippen molar-refractivity contribution in [3.63, 3.8) is 0 Å². The molecule has 32 heavy (non-hydrogen) atoms. The lowest BCUT2D eigenvalue weighted by atomic mass is 10.1. The molecule has 3 aromatic rings.